The number of rotatable bonds is 2. The van der Waals surface area contributed by atoms with Gasteiger partial charge < -0.3 is 10.3 Å². The second-order valence-electron chi connectivity index (χ2n) is 3.89. The molecule has 0 aliphatic heterocycles. The average Bonchev–Trinajstić information content (AvgIpc) is 2.52. The van der Waals surface area contributed by atoms with E-state index in [1.54, 1.807) is 19.9 Å². The third-order valence-electron chi connectivity index (χ3n) is 2.93. The molecule has 0 amide bonds. The van der Waals surface area contributed by atoms with Gasteiger partial charge in [0.05, 0.1) is 17.1 Å². The van der Waals surface area contributed by atoms with Crippen LogP contribution in [0.2, 0.25) is 0 Å². The summed E-state index contributed by atoms with van der Waals surface area (Å²) in [7, 11) is 0. The van der Waals surface area contributed by atoms with E-state index in [-0.39, 0.29) is 0 Å². The van der Waals surface area contributed by atoms with Crippen LogP contribution in [-0.2, 0) is 4.79 Å². The molecular formula is C12H13NO3. The number of nitrogens with zero attached hydrogens (tertiary/aromatic N) is 1. The zero-order valence-electron chi connectivity index (χ0n) is 9.14. The van der Waals surface area contributed by atoms with E-state index in [4.69, 9.17) is 5.11 Å². The molecule has 16 heavy (non-hydrogen) atoms. The SMILES string of the molecule is Cc1c(C(C)C(=O)O)c2ccccc2n1O. The summed E-state index contributed by atoms with van der Waals surface area (Å²) >= 11 is 0. The maximum absolute atomic E-state index is 11.0. The van der Waals surface area contributed by atoms with Gasteiger partial charge in [0.15, 0.2) is 0 Å². The Kier molecular flexibility index (Phi) is 2.34. The number of carboxylic acids is 1. The van der Waals surface area contributed by atoms with Crippen molar-refractivity contribution in [3.05, 3.63) is 35.5 Å². The maximum Gasteiger partial charge on any atom is 0.310 e. The van der Waals surface area contributed by atoms with E-state index in [1.165, 1.54) is 0 Å². The summed E-state index contributed by atoms with van der Waals surface area (Å²) in [5, 5.41) is 19.7. The lowest BCUT2D eigenvalue weighted by Crippen LogP contribution is -2.08. The summed E-state index contributed by atoms with van der Waals surface area (Å²) in [5.74, 6) is -1.52. The molecule has 84 valence electrons. The minimum Gasteiger partial charge on any atom is -0.481 e. The Hall–Kier alpha value is -1.97. The van der Waals surface area contributed by atoms with Crippen LogP contribution in [0.15, 0.2) is 24.3 Å². The van der Waals surface area contributed by atoms with Crippen molar-refractivity contribution in [1.82, 2.24) is 4.73 Å². The van der Waals surface area contributed by atoms with Gasteiger partial charge in [-0.25, -0.2) is 0 Å². The molecule has 0 fully saturated rings. The highest BCUT2D eigenvalue weighted by atomic mass is 16.5. The minimum absolute atomic E-state index is 0.580. The molecule has 1 heterocycles. The highest BCUT2D eigenvalue weighted by Crippen LogP contribution is 2.30. The van der Waals surface area contributed by atoms with Gasteiger partial charge in [0.2, 0.25) is 0 Å². The Bertz CT molecular complexity index is 557. The molecule has 0 saturated heterocycles. The lowest BCUT2D eigenvalue weighted by atomic mass is 9.98. The molecule has 0 radical (unpaired) electrons. The third-order valence-corrected chi connectivity index (χ3v) is 2.93. The van der Waals surface area contributed by atoms with Crippen molar-refractivity contribution in [2.24, 2.45) is 0 Å². The van der Waals surface area contributed by atoms with E-state index in [0.29, 0.717) is 16.8 Å². The van der Waals surface area contributed by atoms with Crippen molar-refractivity contribution in [2.45, 2.75) is 19.8 Å². The lowest BCUT2D eigenvalue weighted by molar-refractivity contribution is -0.138. The van der Waals surface area contributed by atoms with Gasteiger partial charge in [-0.15, -0.1) is 0 Å². The molecular weight excluding hydrogens is 206 g/mol. The standard InChI is InChI=1S/C12H13NO3/c1-7(12(14)15)11-8(2)13(16)10-6-4-3-5-9(10)11/h3-7,16H,1-2H3,(H,14,15). The van der Waals surface area contributed by atoms with Crippen LogP contribution in [0.1, 0.15) is 24.1 Å². The van der Waals surface area contributed by atoms with Crippen molar-refractivity contribution >= 4 is 16.9 Å². The summed E-state index contributed by atoms with van der Waals surface area (Å²) in [6.45, 7) is 3.34. The number of aromatic nitrogens is 1. The topological polar surface area (TPSA) is 62.5 Å². The van der Waals surface area contributed by atoms with E-state index in [9.17, 15) is 10.0 Å². The molecule has 0 spiro atoms. The molecule has 0 aliphatic rings. The molecule has 2 rings (SSSR count). The molecule has 1 aromatic heterocycles. The van der Waals surface area contributed by atoms with Gasteiger partial charge in [-0.1, -0.05) is 18.2 Å². The van der Waals surface area contributed by atoms with E-state index < -0.39 is 11.9 Å². The van der Waals surface area contributed by atoms with E-state index >= 15 is 0 Å². The van der Waals surface area contributed by atoms with Gasteiger partial charge in [0, 0.05) is 5.39 Å². The summed E-state index contributed by atoms with van der Waals surface area (Å²) < 4.78 is 1.05. The van der Waals surface area contributed by atoms with E-state index in [1.807, 2.05) is 18.2 Å². The Labute approximate surface area is 92.7 Å². The van der Waals surface area contributed by atoms with Crippen LogP contribution in [0.5, 0.6) is 0 Å². The van der Waals surface area contributed by atoms with E-state index in [0.717, 1.165) is 10.1 Å². The van der Waals surface area contributed by atoms with Crippen molar-refractivity contribution in [3.63, 3.8) is 0 Å². The molecule has 0 saturated carbocycles. The van der Waals surface area contributed by atoms with Crippen molar-refractivity contribution in [1.29, 1.82) is 0 Å². The molecule has 0 aliphatic carbocycles. The largest absolute Gasteiger partial charge is 0.481 e. The Morgan fingerprint density at radius 2 is 2.00 bits per heavy atom. The normalized spacial score (nSPS) is 12.9. The summed E-state index contributed by atoms with van der Waals surface area (Å²) in [4.78, 5) is 11.0. The molecule has 1 unspecified atom stereocenters. The van der Waals surface area contributed by atoms with Crippen LogP contribution < -0.4 is 0 Å². The summed E-state index contributed by atoms with van der Waals surface area (Å²) in [6, 6.07) is 7.23. The van der Waals surface area contributed by atoms with Gasteiger partial charge in [-0.2, -0.15) is 4.73 Å². The van der Waals surface area contributed by atoms with Gasteiger partial charge in [-0.05, 0) is 25.5 Å². The highest BCUT2D eigenvalue weighted by Gasteiger charge is 2.22. The third kappa shape index (κ3) is 1.34. The number of carbonyl (C=O) groups is 1. The number of hydrogen-bond acceptors (Lipinski definition) is 2. The number of carboxylic acid groups (broad SMARTS) is 1. The molecule has 2 N–H and O–H groups in total. The average molecular weight is 219 g/mol. The quantitative estimate of drug-likeness (QED) is 0.762. The Morgan fingerprint density at radius 1 is 1.38 bits per heavy atom. The van der Waals surface area contributed by atoms with Crippen molar-refractivity contribution in [3.8, 4) is 0 Å². The fourth-order valence-electron chi connectivity index (χ4n) is 2.05. The first-order valence-electron chi connectivity index (χ1n) is 5.06. The molecule has 1 aromatic carbocycles. The number of para-hydroxylation sites is 1. The predicted octanol–water partition coefficient (Wildman–Crippen LogP) is 2.38. The van der Waals surface area contributed by atoms with E-state index in [2.05, 4.69) is 0 Å². The zero-order valence-corrected chi connectivity index (χ0v) is 9.14. The second-order valence-corrected chi connectivity index (χ2v) is 3.89. The second kappa shape index (κ2) is 3.56. The molecule has 4 heteroatoms. The lowest BCUT2D eigenvalue weighted by Gasteiger charge is -2.06. The summed E-state index contributed by atoms with van der Waals surface area (Å²) in [5.41, 5.74) is 1.89. The number of fused-ring (bicyclic) bond motifs is 1. The molecule has 2 aromatic rings. The van der Waals surface area contributed by atoms with Gasteiger partial charge in [0.1, 0.15) is 0 Å². The zero-order chi connectivity index (χ0) is 11.9. The van der Waals surface area contributed by atoms with Crippen LogP contribution in [0, 0.1) is 6.92 Å². The van der Waals surface area contributed by atoms with Crippen LogP contribution in [-0.4, -0.2) is 21.0 Å². The minimum atomic E-state index is -0.889. The van der Waals surface area contributed by atoms with Gasteiger partial charge in [0.25, 0.3) is 0 Å². The first kappa shape index (κ1) is 10.5. The smallest absolute Gasteiger partial charge is 0.310 e. The Balaban J connectivity index is 2.78. The maximum atomic E-state index is 11.0. The molecule has 4 nitrogen and oxygen atoms in total. The number of benzene rings is 1. The predicted molar refractivity (Wildman–Crippen MR) is 59.9 cm³/mol. The van der Waals surface area contributed by atoms with Crippen LogP contribution >= 0.6 is 0 Å². The molecule has 0 bridgehead atoms. The first-order valence-corrected chi connectivity index (χ1v) is 5.06. The molecule has 1 atom stereocenters. The number of aliphatic carboxylic acids is 1. The van der Waals surface area contributed by atoms with Gasteiger partial charge in [-0.3, -0.25) is 4.79 Å². The first-order chi connectivity index (χ1) is 7.54. The van der Waals surface area contributed by atoms with Crippen molar-refractivity contribution in [2.75, 3.05) is 0 Å². The fourth-order valence-corrected chi connectivity index (χ4v) is 2.05. The highest BCUT2D eigenvalue weighted by molar-refractivity contribution is 5.90. The number of hydrogen-bond donors (Lipinski definition) is 2. The monoisotopic (exact) mass is 219 g/mol. The summed E-state index contributed by atoms with van der Waals surface area (Å²) in [6.07, 6.45) is 0. The Morgan fingerprint density at radius 3 is 2.62 bits per heavy atom. The van der Waals surface area contributed by atoms with Crippen LogP contribution in [0.25, 0.3) is 10.9 Å². The van der Waals surface area contributed by atoms with Gasteiger partial charge >= 0.3 is 5.97 Å². The van der Waals surface area contributed by atoms with Crippen molar-refractivity contribution < 1.29 is 15.1 Å². The van der Waals surface area contributed by atoms with Crippen LogP contribution in [0.4, 0.5) is 0 Å². The fraction of sp³-hybridized carbons (Fsp3) is 0.250. The van der Waals surface area contributed by atoms with Crippen LogP contribution in [0.3, 0.4) is 0 Å².